The van der Waals surface area contributed by atoms with Gasteiger partial charge in [0.05, 0.1) is 16.9 Å². The number of halogens is 4. The normalized spacial score (nSPS) is 29.2. The minimum atomic E-state index is -4.65. The molecule has 1 aromatic rings. The Balaban J connectivity index is 2.05. The summed E-state index contributed by atoms with van der Waals surface area (Å²) in [5.41, 5.74) is -2.56. The molecule has 1 heterocycles. The number of piperidine rings is 1. The highest BCUT2D eigenvalue weighted by Gasteiger charge is 2.70. The van der Waals surface area contributed by atoms with Gasteiger partial charge in [0.1, 0.15) is 5.82 Å². The van der Waals surface area contributed by atoms with Gasteiger partial charge in [0, 0.05) is 5.56 Å². The van der Waals surface area contributed by atoms with Crippen LogP contribution in [-0.2, 0) is 21.2 Å². The topological polar surface area (TPSA) is 46.2 Å². The molecular formula is C12H7F4NO2. The molecule has 2 amide bonds. The predicted molar refractivity (Wildman–Crippen MR) is 54.3 cm³/mol. The standard InChI is InChI=1S/C12H7F4NO2/c13-8-3-5(12(14,15)16)1-2-6(8)11-4-7(11)9(18)17-10(11)19/h1-3,7H,4H2,(H,17,18,19)/t7?,11-/m0/s1. The highest BCUT2D eigenvalue weighted by molar-refractivity contribution is 6.15. The van der Waals surface area contributed by atoms with E-state index in [1.165, 1.54) is 0 Å². The molecule has 1 aromatic carbocycles. The molecule has 100 valence electrons. The molecule has 1 unspecified atom stereocenters. The SMILES string of the molecule is O=C1NC(=O)[C@]2(c3ccc(C(F)(F)F)cc3F)CC12. The molecule has 2 atom stereocenters. The number of benzene rings is 1. The van der Waals surface area contributed by atoms with Crippen LogP contribution in [0.5, 0.6) is 0 Å². The molecule has 1 aliphatic heterocycles. The van der Waals surface area contributed by atoms with E-state index in [-0.39, 0.29) is 12.0 Å². The summed E-state index contributed by atoms with van der Waals surface area (Å²) in [6.45, 7) is 0. The maximum atomic E-state index is 13.8. The number of hydrogen-bond donors (Lipinski definition) is 1. The van der Waals surface area contributed by atoms with E-state index in [9.17, 15) is 27.2 Å². The zero-order valence-electron chi connectivity index (χ0n) is 9.34. The maximum Gasteiger partial charge on any atom is 0.416 e. The van der Waals surface area contributed by atoms with Crippen molar-refractivity contribution in [2.24, 2.45) is 5.92 Å². The van der Waals surface area contributed by atoms with Crippen molar-refractivity contribution in [3.05, 3.63) is 35.1 Å². The highest BCUT2D eigenvalue weighted by atomic mass is 19.4. The van der Waals surface area contributed by atoms with Crippen molar-refractivity contribution in [3.63, 3.8) is 0 Å². The molecule has 0 bridgehead atoms. The second-order valence-corrected chi connectivity index (χ2v) is 4.74. The minimum Gasteiger partial charge on any atom is -0.295 e. The van der Waals surface area contributed by atoms with Gasteiger partial charge in [0.25, 0.3) is 0 Å². The lowest BCUT2D eigenvalue weighted by molar-refractivity contribution is -0.137. The van der Waals surface area contributed by atoms with Gasteiger partial charge in [-0.25, -0.2) is 4.39 Å². The molecular weight excluding hydrogens is 266 g/mol. The molecule has 1 N–H and O–H groups in total. The van der Waals surface area contributed by atoms with Crippen molar-refractivity contribution in [2.45, 2.75) is 18.0 Å². The largest absolute Gasteiger partial charge is 0.416 e. The van der Waals surface area contributed by atoms with Gasteiger partial charge in [-0.1, -0.05) is 6.07 Å². The average molecular weight is 273 g/mol. The lowest BCUT2D eigenvalue weighted by atomic mass is 9.92. The second kappa shape index (κ2) is 3.34. The molecule has 1 aliphatic carbocycles. The van der Waals surface area contributed by atoms with Crippen molar-refractivity contribution in [3.8, 4) is 0 Å². The third kappa shape index (κ3) is 1.50. The van der Waals surface area contributed by atoms with Gasteiger partial charge in [-0.05, 0) is 18.6 Å². The summed E-state index contributed by atoms with van der Waals surface area (Å²) in [6, 6.07) is 2.02. The van der Waals surface area contributed by atoms with Crippen LogP contribution in [0.4, 0.5) is 17.6 Å². The molecule has 0 aromatic heterocycles. The Morgan fingerprint density at radius 1 is 1.26 bits per heavy atom. The van der Waals surface area contributed by atoms with E-state index in [1.807, 2.05) is 0 Å². The Bertz CT molecular complexity index is 610. The van der Waals surface area contributed by atoms with Crippen molar-refractivity contribution >= 4 is 11.8 Å². The number of fused-ring (bicyclic) bond motifs is 1. The number of rotatable bonds is 1. The molecule has 3 rings (SSSR count). The van der Waals surface area contributed by atoms with E-state index in [0.29, 0.717) is 6.07 Å². The number of alkyl halides is 3. The van der Waals surface area contributed by atoms with Crippen molar-refractivity contribution in [1.82, 2.24) is 5.32 Å². The van der Waals surface area contributed by atoms with Crippen LogP contribution in [0.25, 0.3) is 0 Å². The lowest BCUT2D eigenvalue weighted by Gasteiger charge is -2.13. The number of amides is 2. The van der Waals surface area contributed by atoms with E-state index >= 15 is 0 Å². The van der Waals surface area contributed by atoms with E-state index in [2.05, 4.69) is 5.32 Å². The fraction of sp³-hybridized carbons (Fsp3) is 0.333. The highest BCUT2D eigenvalue weighted by Crippen LogP contribution is 2.58. The Hall–Kier alpha value is -1.92. The Labute approximate surface area is 104 Å². The first kappa shape index (κ1) is 12.1. The van der Waals surface area contributed by atoms with Gasteiger partial charge in [-0.15, -0.1) is 0 Å². The number of imide groups is 1. The fourth-order valence-corrected chi connectivity index (χ4v) is 2.61. The van der Waals surface area contributed by atoms with Gasteiger partial charge < -0.3 is 0 Å². The maximum absolute atomic E-state index is 13.8. The molecule has 0 spiro atoms. The Morgan fingerprint density at radius 3 is 2.37 bits per heavy atom. The summed E-state index contributed by atoms with van der Waals surface area (Å²) in [5, 5.41) is 2.06. The Morgan fingerprint density at radius 2 is 1.95 bits per heavy atom. The van der Waals surface area contributed by atoms with Gasteiger partial charge in [-0.3, -0.25) is 14.9 Å². The van der Waals surface area contributed by atoms with Crippen LogP contribution in [0, 0.1) is 11.7 Å². The van der Waals surface area contributed by atoms with Crippen molar-refractivity contribution in [2.75, 3.05) is 0 Å². The Kier molecular flexibility index (Phi) is 2.13. The zero-order valence-corrected chi connectivity index (χ0v) is 9.34. The molecule has 0 radical (unpaired) electrons. The van der Waals surface area contributed by atoms with Crippen LogP contribution in [0.15, 0.2) is 18.2 Å². The molecule has 3 nitrogen and oxygen atoms in total. The molecule has 2 fully saturated rings. The predicted octanol–water partition coefficient (Wildman–Crippen LogP) is 1.76. The van der Waals surface area contributed by atoms with E-state index in [4.69, 9.17) is 0 Å². The first-order valence-electron chi connectivity index (χ1n) is 5.49. The number of hydrogen-bond acceptors (Lipinski definition) is 2. The fourth-order valence-electron chi connectivity index (χ4n) is 2.61. The van der Waals surface area contributed by atoms with Crippen molar-refractivity contribution < 1.29 is 27.2 Å². The lowest BCUT2D eigenvalue weighted by Crippen LogP contribution is -2.30. The molecule has 2 aliphatic rings. The number of carbonyl (C=O) groups is 2. The van der Waals surface area contributed by atoms with Crippen LogP contribution < -0.4 is 5.32 Å². The monoisotopic (exact) mass is 273 g/mol. The van der Waals surface area contributed by atoms with Crippen LogP contribution >= 0.6 is 0 Å². The third-order valence-electron chi connectivity index (χ3n) is 3.70. The third-order valence-corrected chi connectivity index (χ3v) is 3.70. The van der Waals surface area contributed by atoms with Crippen LogP contribution in [-0.4, -0.2) is 11.8 Å². The molecule has 1 saturated heterocycles. The first-order chi connectivity index (χ1) is 8.76. The summed E-state index contributed by atoms with van der Waals surface area (Å²) in [5.74, 6) is -2.90. The van der Waals surface area contributed by atoms with Gasteiger partial charge in [0.2, 0.25) is 11.8 Å². The van der Waals surface area contributed by atoms with Crippen LogP contribution in [0.1, 0.15) is 17.5 Å². The van der Waals surface area contributed by atoms with E-state index < -0.39 is 40.7 Å². The van der Waals surface area contributed by atoms with Gasteiger partial charge in [0.15, 0.2) is 0 Å². The molecule has 7 heteroatoms. The number of nitrogens with one attached hydrogen (secondary N) is 1. The number of carbonyl (C=O) groups excluding carboxylic acids is 2. The van der Waals surface area contributed by atoms with Gasteiger partial charge >= 0.3 is 6.18 Å². The first-order valence-corrected chi connectivity index (χ1v) is 5.49. The van der Waals surface area contributed by atoms with Crippen LogP contribution in [0.2, 0.25) is 0 Å². The smallest absolute Gasteiger partial charge is 0.295 e. The van der Waals surface area contributed by atoms with Gasteiger partial charge in [-0.2, -0.15) is 13.2 Å². The summed E-state index contributed by atoms with van der Waals surface area (Å²) in [6.07, 6.45) is -4.49. The average Bonchev–Trinajstić information content (AvgIpc) is 2.98. The zero-order chi connectivity index (χ0) is 14.0. The minimum absolute atomic E-state index is 0.145. The second-order valence-electron chi connectivity index (χ2n) is 4.74. The van der Waals surface area contributed by atoms with Crippen LogP contribution in [0.3, 0.4) is 0 Å². The van der Waals surface area contributed by atoms with Crippen molar-refractivity contribution in [1.29, 1.82) is 0 Å². The summed E-state index contributed by atoms with van der Waals surface area (Å²) in [7, 11) is 0. The summed E-state index contributed by atoms with van der Waals surface area (Å²) < 4.78 is 51.1. The summed E-state index contributed by atoms with van der Waals surface area (Å²) >= 11 is 0. The van der Waals surface area contributed by atoms with E-state index in [0.717, 1.165) is 12.1 Å². The quantitative estimate of drug-likeness (QED) is 0.626. The molecule has 19 heavy (non-hydrogen) atoms. The van der Waals surface area contributed by atoms with E-state index in [1.54, 1.807) is 0 Å². The molecule has 1 saturated carbocycles. The summed E-state index contributed by atoms with van der Waals surface area (Å²) in [4.78, 5) is 23.0.